The molecule has 1 aliphatic rings. The van der Waals surface area contributed by atoms with E-state index in [1.165, 1.54) is 12.8 Å². The Morgan fingerprint density at radius 3 is 2.75 bits per heavy atom. The van der Waals surface area contributed by atoms with Gasteiger partial charge in [-0.25, -0.2) is 14.6 Å². The van der Waals surface area contributed by atoms with Crippen LogP contribution < -0.4 is 10.9 Å². The molecule has 0 radical (unpaired) electrons. The molecule has 28 heavy (non-hydrogen) atoms. The Morgan fingerprint density at radius 2 is 2.04 bits per heavy atom. The summed E-state index contributed by atoms with van der Waals surface area (Å²) in [7, 11) is 0. The molecule has 1 unspecified atom stereocenters. The quantitative estimate of drug-likeness (QED) is 0.568. The zero-order valence-corrected chi connectivity index (χ0v) is 15.9. The van der Waals surface area contributed by atoms with Crippen molar-refractivity contribution in [3.8, 4) is 0 Å². The summed E-state index contributed by atoms with van der Waals surface area (Å²) in [5, 5.41) is 17.6. The summed E-state index contributed by atoms with van der Waals surface area (Å²) in [6.07, 6.45) is 10.6. The third-order valence-electron chi connectivity index (χ3n) is 5.22. The predicted molar refractivity (Wildman–Crippen MR) is 105 cm³/mol. The van der Waals surface area contributed by atoms with Crippen LogP contribution in [0.2, 0.25) is 0 Å². The summed E-state index contributed by atoms with van der Waals surface area (Å²) < 4.78 is 1.88. The smallest absolute Gasteiger partial charge is 0.263 e. The van der Waals surface area contributed by atoms with Crippen molar-refractivity contribution in [1.29, 1.82) is 0 Å². The summed E-state index contributed by atoms with van der Waals surface area (Å²) in [6, 6.07) is 0.144. The van der Waals surface area contributed by atoms with Crippen LogP contribution in [0.3, 0.4) is 0 Å². The van der Waals surface area contributed by atoms with Crippen molar-refractivity contribution in [3.05, 3.63) is 40.3 Å². The molecule has 0 aliphatic heterocycles. The van der Waals surface area contributed by atoms with Gasteiger partial charge < -0.3 is 10.4 Å². The van der Waals surface area contributed by atoms with Crippen molar-refractivity contribution >= 4 is 17.0 Å². The standard InChI is InChI=1S/C19H25N7O2/c1-12-9-20-16(21-10-12)8-13(6-7-27)23-19-24-17-15(18(28)25-19)11-22-26(17)14-4-2-3-5-14/h9-11,13-14,27H,2-8H2,1H3,(H2,23,24,25,28). The SMILES string of the molecule is Cc1cnc(CC(CCO)Nc2nc3c(cnn3C3CCCC3)c(=O)[nH]2)nc1. The van der Waals surface area contributed by atoms with Crippen LogP contribution in [0, 0.1) is 6.92 Å². The summed E-state index contributed by atoms with van der Waals surface area (Å²) in [5.41, 5.74) is 1.38. The molecule has 0 bridgehead atoms. The highest BCUT2D eigenvalue weighted by molar-refractivity contribution is 5.74. The zero-order valence-electron chi connectivity index (χ0n) is 15.9. The Kier molecular flexibility index (Phi) is 5.34. The molecule has 1 atom stereocenters. The van der Waals surface area contributed by atoms with Gasteiger partial charge in [-0.1, -0.05) is 12.8 Å². The number of aryl methyl sites for hydroxylation is 1. The Labute approximate surface area is 162 Å². The first-order chi connectivity index (χ1) is 13.6. The van der Waals surface area contributed by atoms with Gasteiger partial charge in [0.05, 0.1) is 12.2 Å². The minimum atomic E-state index is -0.217. The molecule has 0 saturated heterocycles. The lowest BCUT2D eigenvalue weighted by atomic mass is 10.1. The van der Waals surface area contributed by atoms with Crippen molar-refractivity contribution in [2.75, 3.05) is 11.9 Å². The molecule has 0 amide bonds. The normalized spacial score (nSPS) is 15.9. The van der Waals surface area contributed by atoms with E-state index in [0.717, 1.165) is 18.4 Å². The van der Waals surface area contributed by atoms with E-state index in [1.54, 1.807) is 18.6 Å². The first-order valence-electron chi connectivity index (χ1n) is 9.76. The van der Waals surface area contributed by atoms with Gasteiger partial charge >= 0.3 is 0 Å². The molecule has 1 aliphatic carbocycles. The Hall–Kier alpha value is -2.81. The number of nitrogens with one attached hydrogen (secondary N) is 2. The van der Waals surface area contributed by atoms with Crippen LogP contribution in [0.5, 0.6) is 0 Å². The van der Waals surface area contributed by atoms with Crippen molar-refractivity contribution < 1.29 is 5.11 Å². The predicted octanol–water partition coefficient (Wildman–Crippen LogP) is 1.74. The fourth-order valence-corrected chi connectivity index (χ4v) is 3.74. The number of nitrogens with zero attached hydrogens (tertiary/aromatic N) is 5. The van der Waals surface area contributed by atoms with Gasteiger partial charge in [0.15, 0.2) is 5.65 Å². The molecule has 3 aromatic heterocycles. The summed E-state index contributed by atoms with van der Waals surface area (Å²) in [6.45, 7) is 1.95. The maximum Gasteiger partial charge on any atom is 0.263 e. The number of aromatic nitrogens is 6. The van der Waals surface area contributed by atoms with Gasteiger partial charge in [-0.3, -0.25) is 9.78 Å². The second-order valence-electron chi connectivity index (χ2n) is 7.41. The summed E-state index contributed by atoms with van der Waals surface area (Å²) in [5.74, 6) is 1.05. The van der Waals surface area contributed by atoms with Crippen molar-refractivity contribution in [2.24, 2.45) is 0 Å². The molecule has 9 nitrogen and oxygen atoms in total. The van der Waals surface area contributed by atoms with E-state index in [1.807, 2.05) is 11.6 Å². The maximum atomic E-state index is 12.5. The van der Waals surface area contributed by atoms with Crippen LogP contribution >= 0.6 is 0 Å². The average Bonchev–Trinajstić information content (AvgIpc) is 3.33. The third-order valence-corrected chi connectivity index (χ3v) is 5.22. The van der Waals surface area contributed by atoms with E-state index in [4.69, 9.17) is 0 Å². The van der Waals surface area contributed by atoms with Crippen molar-refractivity contribution in [3.63, 3.8) is 0 Å². The minimum absolute atomic E-state index is 0.00993. The highest BCUT2D eigenvalue weighted by Gasteiger charge is 2.22. The van der Waals surface area contributed by atoms with E-state index >= 15 is 0 Å². The molecule has 1 saturated carbocycles. The first kappa shape index (κ1) is 18.5. The fourth-order valence-electron chi connectivity index (χ4n) is 3.74. The lowest BCUT2D eigenvalue weighted by molar-refractivity contribution is 0.278. The zero-order chi connectivity index (χ0) is 19.5. The molecule has 4 rings (SSSR count). The molecule has 3 aromatic rings. The molecule has 148 valence electrons. The van der Waals surface area contributed by atoms with Crippen molar-refractivity contribution in [1.82, 2.24) is 29.7 Å². The first-order valence-corrected chi connectivity index (χ1v) is 9.76. The van der Waals surface area contributed by atoms with E-state index < -0.39 is 0 Å². The number of aliphatic hydroxyl groups excluding tert-OH is 1. The molecular weight excluding hydrogens is 358 g/mol. The van der Waals surface area contributed by atoms with Crippen LogP contribution in [0.15, 0.2) is 23.4 Å². The highest BCUT2D eigenvalue weighted by atomic mass is 16.3. The van der Waals surface area contributed by atoms with Crippen LogP contribution in [-0.4, -0.2) is 47.5 Å². The molecule has 0 aromatic carbocycles. The van der Waals surface area contributed by atoms with Crippen LogP contribution in [0.1, 0.15) is 49.5 Å². The van der Waals surface area contributed by atoms with Gasteiger partial charge in [0, 0.05) is 31.5 Å². The average molecular weight is 383 g/mol. The number of rotatable bonds is 7. The monoisotopic (exact) mass is 383 g/mol. The van der Waals surface area contributed by atoms with E-state index in [0.29, 0.717) is 41.7 Å². The number of aliphatic hydroxyl groups is 1. The van der Waals surface area contributed by atoms with Gasteiger partial charge in [-0.2, -0.15) is 10.1 Å². The Bertz CT molecular complexity index is 990. The Morgan fingerprint density at radius 1 is 1.29 bits per heavy atom. The van der Waals surface area contributed by atoms with Crippen LogP contribution in [0.4, 0.5) is 5.95 Å². The molecule has 9 heteroatoms. The number of H-pyrrole nitrogens is 1. The maximum absolute atomic E-state index is 12.5. The van der Waals surface area contributed by atoms with E-state index in [2.05, 4.69) is 30.4 Å². The van der Waals surface area contributed by atoms with Crippen molar-refractivity contribution in [2.45, 2.75) is 57.5 Å². The largest absolute Gasteiger partial charge is 0.396 e. The van der Waals surface area contributed by atoms with E-state index in [9.17, 15) is 9.90 Å². The number of hydrogen-bond acceptors (Lipinski definition) is 7. The highest BCUT2D eigenvalue weighted by Crippen LogP contribution is 2.30. The second-order valence-corrected chi connectivity index (χ2v) is 7.41. The third kappa shape index (κ3) is 3.89. The van der Waals surface area contributed by atoms with Crippen LogP contribution in [0.25, 0.3) is 11.0 Å². The topological polar surface area (TPSA) is 122 Å². The minimum Gasteiger partial charge on any atom is -0.396 e. The lowest BCUT2D eigenvalue weighted by Gasteiger charge is -2.18. The van der Waals surface area contributed by atoms with Gasteiger partial charge in [0.1, 0.15) is 11.2 Å². The Balaban J connectivity index is 1.60. The molecule has 1 fully saturated rings. The molecule has 3 N–H and O–H groups in total. The lowest BCUT2D eigenvalue weighted by Crippen LogP contribution is -2.27. The molecule has 3 heterocycles. The summed E-state index contributed by atoms with van der Waals surface area (Å²) >= 11 is 0. The van der Waals surface area contributed by atoms with Crippen LogP contribution in [-0.2, 0) is 6.42 Å². The number of aromatic amines is 1. The van der Waals surface area contributed by atoms with E-state index in [-0.39, 0.29) is 18.2 Å². The summed E-state index contributed by atoms with van der Waals surface area (Å²) in [4.78, 5) is 28.6. The number of anilines is 1. The fraction of sp³-hybridized carbons (Fsp3) is 0.526. The van der Waals surface area contributed by atoms with Gasteiger partial charge in [0.25, 0.3) is 5.56 Å². The number of hydrogen-bond donors (Lipinski definition) is 3. The number of fused-ring (bicyclic) bond motifs is 1. The van der Waals surface area contributed by atoms with Gasteiger partial charge in [0.2, 0.25) is 5.95 Å². The molecular formula is C19H25N7O2. The van der Waals surface area contributed by atoms with Gasteiger partial charge in [-0.05, 0) is 31.7 Å². The second kappa shape index (κ2) is 8.05. The van der Waals surface area contributed by atoms with Gasteiger partial charge in [-0.15, -0.1) is 0 Å². The molecule has 0 spiro atoms.